The highest BCUT2D eigenvalue weighted by molar-refractivity contribution is 14.0. The summed E-state index contributed by atoms with van der Waals surface area (Å²) in [6, 6.07) is 8.41. The molecule has 1 aromatic carbocycles. The first-order valence-electron chi connectivity index (χ1n) is 10.0. The van der Waals surface area contributed by atoms with Crippen LogP contribution in [-0.4, -0.2) is 55.7 Å². The van der Waals surface area contributed by atoms with Crippen LogP contribution >= 0.6 is 24.0 Å². The SMILES string of the molecule is CN=C(NCCCC(=O)N1CCc2ccccc2C1)NCC1(C)CCCO1.I. The summed E-state index contributed by atoms with van der Waals surface area (Å²) in [5.74, 6) is 1.01. The fourth-order valence-electron chi connectivity index (χ4n) is 3.78. The Labute approximate surface area is 185 Å². The van der Waals surface area contributed by atoms with Gasteiger partial charge in [0, 0.05) is 46.3 Å². The van der Waals surface area contributed by atoms with E-state index in [0.29, 0.717) is 6.42 Å². The zero-order valence-electron chi connectivity index (χ0n) is 17.0. The van der Waals surface area contributed by atoms with Gasteiger partial charge in [-0.3, -0.25) is 9.79 Å². The molecule has 1 unspecified atom stereocenters. The van der Waals surface area contributed by atoms with Gasteiger partial charge in [0.05, 0.1) is 5.60 Å². The van der Waals surface area contributed by atoms with Crippen molar-refractivity contribution in [3.8, 4) is 0 Å². The molecule has 3 rings (SSSR count). The maximum atomic E-state index is 12.5. The molecule has 0 saturated carbocycles. The lowest BCUT2D eigenvalue weighted by molar-refractivity contribution is -0.132. The lowest BCUT2D eigenvalue weighted by Crippen LogP contribution is -2.45. The average Bonchev–Trinajstić information content (AvgIpc) is 3.13. The third kappa shape index (κ3) is 6.34. The molecule has 28 heavy (non-hydrogen) atoms. The fourth-order valence-corrected chi connectivity index (χ4v) is 3.78. The minimum atomic E-state index is -0.0991. The Hall–Kier alpha value is -1.35. The summed E-state index contributed by atoms with van der Waals surface area (Å²) in [5, 5.41) is 6.63. The maximum absolute atomic E-state index is 12.5. The van der Waals surface area contributed by atoms with Crippen LogP contribution in [0.15, 0.2) is 29.3 Å². The first kappa shape index (κ1) is 22.9. The molecule has 7 heteroatoms. The number of carbonyl (C=O) groups excluding carboxylic acids is 1. The molecule has 2 heterocycles. The molecular weight excluding hydrogens is 467 g/mol. The van der Waals surface area contributed by atoms with Gasteiger partial charge in [-0.25, -0.2) is 0 Å². The van der Waals surface area contributed by atoms with Crippen LogP contribution < -0.4 is 10.6 Å². The van der Waals surface area contributed by atoms with E-state index in [-0.39, 0.29) is 35.5 Å². The summed E-state index contributed by atoms with van der Waals surface area (Å²) >= 11 is 0. The largest absolute Gasteiger partial charge is 0.373 e. The molecular formula is C21H33IN4O2. The van der Waals surface area contributed by atoms with Gasteiger partial charge in [0.15, 0.2) is 5.96 Å². The molecule has 0 radical (unpaired) electrons. The first-order valence-corrected chi connectivity index (χ1v) is 10.0. The van der Waals surface area contributed by atoms with Crippen LogP contribution in [0.5, 0.6) is 0 Å². The summed E-state index contributed by atoms with van der Waals surface area (Å²) < 4.78 is 5.79. The standard InChI is InChI=1S/C21H32N4O2.HI/c1-21(11-6-14-27-21)16-24-20(22-2)23-12-5-9-19(26)25-13-10-17-7-3-4-8-18(17)15-25;/h3-4,7-8H,5-6,9-16H2,1-2H3,(H2,22,23,24);1H. The fraction of sp³-hybridized carbons (Fsp3) is 0.619. The summed E-state index contributed by atoms with van der Waals surface area (Å²) in [5.41, 5.74) is 2.55. The van der Waals surface area contributed by atoms with Gasteiger partial charge in [-0.2, -0.15) is 0 Å². The van der Waals surface area contributed by atoms with Crippen molar-refractivity contribution in [3.05, 3.63) is 35.4 Å². The molecule has 0 aromatic heterocycles. The zero-order valence-corrected chi connectivity index (χ0v) is 19.3. The van der Waals surface area contributed by atoms with Gasteiger partial charge in [0.25, 0.3) is 0 Å². The maximum Gasteiger partial charge on any atom is 0.222 e. The molecule has 156 valence electrons. The number of nitrogens with zero attached hydrogens (tertiary/aromatic N) is 2. The Balaban J connectivity index is 0.00000280. The molecule has 1 fully saturated rings. The molecule has 6 nitrogen and oxygen atoms in total. The van der Waals surface area contributed by atoms with Crippen LogP contribution in [0.1, 0.15) is 43.7 Å². The number of benzene rings is 1. The lowest BCUT2D eigenvalue weighted by Gasteiger charge is -2.29. The Morgan fingerprint density at radius 1 is 1.29 bits per heavy atom. The topological polar surface area (TPSA) is 66.0 Å². The molecule has 1 atom stereocenters. The minimum Gasteiger partial charge on any atom is -0.373 e. The number of hydrogen-bond donors (Lipinski definition) is 2. The monoisotopic (exact) mass is 500 g/mol. The number of fused-ring (bicyclic) bond motifs is 1. The van der Waals surface area contributed by atoms with Crippen LogP contribution in [-0.2, 0) is 22.5 Å². The van der Waals surface area contributed by atoms with Crippen molar-refractivity contribution in [3.63, 3.8) is 0 Å². The molecule has 0 aliphatic carbocycles. The van der Waals surface area contributed by atoms with Gasteiger partial charge < -0.3 is 20.3 Å². The second-order valence-electron chi connectivity index (χ2n) is 7.69. The van der Waals surface area contributed by atoms with Gasteiger partial charge in [0.2, 0.25) is 5.91 Å². The van der Waals surface area contributed by atoms with Crippen molar-refractivity contribution in [1.82, 2.24) is 15.5 Å². The second-order valence-corrected chi connectivity index (χ2v) is 7.69. The van der Waals surface area contributed by atoms with Crippen LogP contribution in [0, 0.1) is 0 Å². The number of ether oxygens (including phenoxy) is 1. The molecule has 0 spiro atoms. The molecule has 2 aliphatic heterocycles. The van der Waals surface area contributed by atoms with Gasteiger partial charge in [-0.15, -0.1) is 24.0 Å². The van der Waals surface area contributed by atoms with E-state index < -0.39 is 0 Å². The molecule has 2 N–H and O–H groups in total. The van der Waals surface area contributed by atoms with Gasteiger partial charge in [-0.1, -0.05) is 24.3 Å². The normalized spacial score (nSPS) is 21.6. The van der Waals surface area contributed by atoms with E-state index in [1.807, 2.05) is 11.0 Å². The average molecular weight is 500 g/mol. The number of guanidine groups is 1. The highest BCUT2D eigenvalue weighted by Gasteiger charge is 2.29. The number of aliphatic imine (C=N–C) groups is 1. The molecule has 2 aliphatic rings. The zero-order chi connectivity index (χ0) is 19.1. The number of carbonyl (C=O) groups is 1. The van der Waals surface area contributed by atoms with Crippen molar-refractivity contribution in [2.45, 2.75) is 51.2 Å². The van der Waals surface area contributed by atoms with Crippen molar-refractivity contribution in [1.29, 1.82) is 0 Å². The van der Waals surface area contributed by atoms with E-state index in [2.05, 4.69) is 40.7 Å². The van der Waals surface area contributed by atoms with E-state index in [4.69, 9.17) is 4.74 Å². The third-order valence-electron chi connectivity index (χ3n) is 5.50. The molecule has 1 amide bonds. The Bertz CT molecular complexity index is 674. The summed E-state index contributed by atoms with van der Waals surface area (Å²) in [6.07, 6.45) is 4.51. The van der Waals surface area contributed by atoms with E-state index in [0.717, 1.165) is 64.4 Å². The van der Waals surface area contributed by atoms with Crippen molar-refractivity contribution in [2.24, 2.45) is 4.99 Å². The summed E-state index contributed by atoms with van der Waals surface area (Å²) in [6.45, 7) is 6.02. The number of halogens is 1. The van der Waals surface area contributed by atoms with Gasteiger partial charge in [0.1, 0.15) is 0 Å². The Kier molecular flexibility index (Phi) is 9.01. The van der Waals surface area contributed by atoms with Crippen molar-refractivity contribution in [2.75, 3.05) is 33.3 Å². The number of amides is 1. The van der Waals surface area contributed by atoms with E-state index >= 15 is 0 Å². The Morgan fingerprint density at radius 3 is 2.79 bits per heavy atom. The second kappa shape index (κ2) is 11.0. The lowest BCUT2D eigenvalue weighted by atomic mass is 9.99. The highest BCUT2D eigenvalue weighted by atomic mass is 127. The van der Waals surface area contributed by atoms with Crippen LogP contribution in [0.3, 0.4) is 0 Å². The van der Waals surface area contributed by atoms with Gasteiger partial charge in [-0.05, 0) is 43.7 Å². The molecule has 0 bridgehead atoms. The van der Waals surface area contributed by atoms with Crippen molar-refractivity contribution < 1.29 is 9.53 Å². The van der Waals surface area contributed by atoms with Gasteiger partial charge >= 0.3 is 0 Å². The summed E-state index contributed by atoms with van der Waals surface area (Å²) in [7, 11) is 1.77. The Morgan fingerprint density at radius 2 is 2.07 bits per heavy atom. The summed E-state index contributed by atoms with van der Waals surface area (Å²) in [4.78, 5) is 18.7. The quantitative estimate of drug-likeness (QED) is 0.273. The molecule has 1 aromatic rings. The van der Waals surface area contributed by atoms with Crippen molar-refractivity contribution >= 4 is 35.8 Å². The number of nitrogens with one attached hydrogen (secondary N) is 2. The van der Waals surface area contributed by atoms with Crippen LogP contribution in [0.25, 0.3) is 0 Å². The highest BCUT2D eigenvalue weighted by Crippen LogP contribution is 2.23. The first-order chi connectivity index (χ1) is 13.1. The smallest absolute Gasteiger partial charge is 0.222 e. The van der Waals surface area contributed by atoms with E-state index in [1.165, 1.54) is 11.1 Å². The third-order valence-corrected chi connectivity index (χ3v) is 5.50. The van der Waals surface area contributed by atoms with Crippen LogP contribution in [0.4, 0.5) is 0 Å². The number of hydrogen-bond acceptors (Lipinski definition) is 3. The van der Waals surface area contributed by atoms with E-state index in [1.54, 1.807) is 7.05 Å². The predicted molar refractivity (Wildman–Crippen MR) is 123 cm³/mol. The molecule has 1 saturated heterocycles. The number of rotatable bonds is 6. The van der Waals surface area contributed by atoms with E-state index in [9.17, 15) is 4.79 Å². The minimum absolute atomic E-state index is 0. The van der Waals surface area contributed by atoms with Crippen LogP contribution in [0.2, 0.25) is 0 Å². The predicted octanol–water partition coefficient (Wildman–Crippen LogP) is 2.70.